The van der Waals surface area contributed by atoms with E-state index < -0.39 is 5.82 Å². The number of thiophene rings is 1. The maximum absolute atomic E-state index is 13.3. The third-order valence-electron chi connectivity index (χ3n) is 2.49. The predicted octanol–water partition coefficient (Wildman–Crippen LogP) is 5.02. The molecule has 2 aromatic rings. The normalized spacial score (nSPS) is 12.5. The van der Waals surface area contributed by atoms with Gasteiger partial charge in [-0.05, 0) is 44.2 Å². The minimum Gasteiger partial charge on any atom is -0.378 e. The van der Waals surface area contributed by atoms with Crippen molar-refractivity contribution >= 4 is 28.6 Å². The lowest BCUT2D eigenvalue weighted by atomic mass is 10.2. The lowest BCUT2D eigenvalue weighted by Gasteiger charge is -2.13. The summed E-state index contributed by atoms with van der Waals surface area (Å²) in [6.07, 6.45) is 0. The molecule has 1 nitrogen and oxygen atoms in total. The zero-order chi connectivity index (χ0) is 12.4. The van der Waals surface area contributed by atoms with Crippen LogP contribution >= 0.6 is 22.9 Å². The van der Waals surface area contributed by atoms with Gasteiger partial charge in [-0.1, -0.05) is 11.6 Å². The summed E-state index contributed by atoms with van der Waals surface area (Å²) < 4.78 is 13.3. The second kappa shape index (κ2) is 5.07. The molecule has 1 N–H and O–H groups in total. The fourth-order valence-electron chi connectivity index (χ4n) is 1.59. The van der Waals surface area contributed by atoms with Gasteiger partial charge in [0.1, 0.15) is 5.82 Å². The van der Waals surface area contributed by atoms with Crippen LogP contribution in [0, 0.1) is 12.7 Å². The van der Waals surface area contributed by atoms with E-state index >= 15 is 0 Å². The molecule has 0 spiro atoms. The zero-order valence-corrected chi connectivity index (χ0v) is 11.2. The van der Waals surface area contributed by atoms with Crippen molar-refractivity contribution in [2.75, 3.05) is 5.32 Å². The van der Waals surface area contributed by atoms with Gasteiger partial charge in [0.2, 0.25) is 0 Å². The van der Waals surface area contributed by atoms with Crippen LogP contribution in [0.15, 0.2) is 30.3 Å². The van der Waals surface area contributed by atoms with E-state index in [1.807, 2.05) is 0 Å². The molecule has 0 saturated carbocycles. The van der Waals surface area contributed by atoms with Gasteiger partial charge in [-0.3, -0.25) is 0 Å². The van der Waals surface area contributed by atoms with Crippen molar-refractivity contribution < 1.29 is 4.39 Å². The minimum atomic E-state index is -0.397. The molecular weight excluding hydrogens is 257 g/mol. The van der Waals surface area contributed by atoms with Gasteiger partial charge in [-0.25, -0.2) is 4.39 Å². The Morgan fingerprint density at radius 1 is 1.29 bits per heavy atom. The average molecular weight is 270 g/mol. The van der Waals surface area contributed by atoms with Crippen LogP contribution in [-0.2, 0) is 0 Å². The quantitative estimate of drug-likeness (QED) is 0.825. The Morgan fingerprint density at radius 2 is 2.06 bits per heavy atom. The number of benzene rings is 1. The van der Waals surface area contributed by atoms with E-state index in [-0.39, 0.29) is 11.1 Å². The van der Waals surface area contributed by atoms with Crippen LogP contribution in [0.3, 0.4) is 0 Å². The molecule has 0 amide bonds. The molecule has 1 atom stereocenters. The second-order valence-corrected chi connectivity index (χ2v) is 5.67. The van der Waals surface area contributed by atoms with Crippen LogP contribution in [-0.4, -0.2) is 0 Å². The van der Waals surface area contributed by atoms with Crippen molar-refractivity contribution in [2.45, 2.75) is 19.9 Å². The highest BCUT2D eigenvalue weighted by atomic mass is 35.5. The van der Waals surface area contributed by atoms with E-state index in [2.05, 4.69) is 31.3 Å². The first-order valence-corrected chi connectivity index (χ1v) is 6.53. The molecule has 4 heteroatoms. The summed E-state index contributed by atoms with van der Waals surface area (Å²) in [6.45, 7) is 4.13. The van der Waals surface area contributed by atoms with Crippen molar-refractivity contribution in [3.63, 3.8) is 0 Å². The first kappa shape index (κ1) is 12.4. The van der Waals surface area contributed by atoms with Crippen molar-refractivity contribution in [1.82, 2.24) is 0 Å². The molecule has 0 saturated heterocycles. The highest BCUT2D eigenvalue weighted by Crippen LogP contribution is 2.27. The van der Waals surface area contributed by atoms with Crippen molar-refractivity contribution in [3.8, 4) is 0 Å². The van der Waals surface area contributed by atoms with Gasteiger partial charge < -0.3 is 5.32 Å². The molecule has 1 heterocycles. The predicted molar refractivity (Wildman–Crippen MR) is 72.5 cm³/mol. The van der Waals surface area contributed by atoms with Crippen molar-refractivity contribution in [1.29, 1.82) is 0 Å². The standard InChI is InChI=1S/C13H13ClFNS/c1-8-3-6-13(17-8)9(2)16-10-4-5-11(14)12(15)7-10/h3-7,9,16H,1-2H3. The highest BCUT2D eigenvalue weighted by molar-refractivity contribution is 7.12. The topological polar surface area (TPSA) is 12.0 Å². The largest absolute Gasteiger partial charge is 0.378 e. The fourth-order valence-corrected chi connectivity index (χ4v) is 2.59. The molecule has 2 rings (SSSR count). The molecule has 17 heavy (non-hydrogen) atoms. The van der Waals surface area contributed by atoms with E-state index in [1.165, 1.54) is 15.8 Å². The van der Waals surface area contributed by atoms with Gasteiger partial charge >= 0.3 is 0 Å². The third-order valence-corrected chi connectivity index (χ3v) is 3.98. The molecule has 0 aliphatic heterocycles. The van der Waals surface area contributed by atoms with Crippen molar-refractivity contribution in [2.24, 2.45) is 0 Å². The van der Waals surface area contributed by atoms with Crippen LogP contribution in [0.5, 0.6) is 0 Å². The molecule has 0 fully saturated rings. The van der Waals surface area contributed by atoms with E-state index in [4.69, 9.17) is 11.6 Å². The van der Waals surface area contributed by atoms with Crippen molar-refractivity contribution in [3.05, 3.63) is 50.9 Å². The van der Waals surface area contributed by atoms with Gasteiger partial charge in [0.15, 0.2) is 0 Å². The molecule has 0 aliphatic rings. The monoisotopic (exact) mass is 269 g/mol. The Kier molecular flexibility index (Phi) is 3.69. The summed E-state index contributed by atoms with van der Waals surface area (Å²) in [6, 6.07) is 9.09. The summed E-state index contributed by atoms with van der Waals surface area (Å²) in [5.74, 6) is -0.397. The summed E-state index contributed by atoms with van der Waals surface area (Å²) >= 11 is 7.38. The molecule has 1 aromatic carbocycles. The minimum absolute atomic E-state index is 0.148. The number of halogens is 2. The number of nitrogens with one attached hydrogen (secondary N) is 1. The van der Waals surface area contributed by atoms with Crippen LogP contribution in [0.2, 0.25) is 5.02 Å². The number of aryl methyl sites for hydroxylation is 1. The lowest BCUT2D eigenvalue weighted by molar-refractivity contribution is 0.628. The smallest absolute Gasteiger partial charge is 0.143 e. The number of rotatable bonds is 3. The van der Waals surface area contributed by atoms with E-state index in [1.54, 1.807) is 23.5 Å². The molecule has 0 aliphatic carbocycles. The van der Waals surface area contributed by atoms with Crippen LogP contribution in [0.1, 0.15) is 22.7 Å². The zero-order valence-electron chi connectivity index (χ0n) is 9.63. The van der Waals surface area contributed by atoms with Crippen LogP contribution in [0.4, 0.5) is 10.1 Å². The lowest BCUT2D eigenvalue weighted by Crippen LogP contribution is -2.04. The van der Waals surface area contributed by atoms with Gasteiger partial charge in [-0.15, -0.1) is 11.3 Å². The fraction of sp³-hybridized carbons (Fsp3) is 0.231. The van der Waals surface area contributed by atoms with Gasteiger partial charge in [0, 0.05) is 15.4 Å². The number of hydrogen-bond donors (Lipinski definition) is 1. The van der Waals surface area contributed by atoms with E-state index in [0.717, 1.165) is 5.69 Å². The highest BCUT2D eigenvalue weighted by Gasteiger charge is 2.08. The Labute approximate surface area is 109 Å². The summed E-state index contributed by atoms with van der Waals surface area (Å²) in [4.78, 5) is 2.51. The molecule has 0 bridgehead atoms. The Hall–Kier alpha value is -1.06. The Bertz CT molecular complexity index is 524. The summed E-state index contributed by atoms with van der Waals surface area (Å²) in [5, 5.41) is 3.40. The SMILES string of the molecule is Cc1ccc(C(C)Nc2ccc(Cl)c(F)c2)s1. The summed E-state index contributed by atoms with van der Waals surface area (Å²) in [5.41, 5.74) is 0.741. The maximum atomic E-state index is 13.3. The van der Waals surface area contributed by atoms with Gasteiger partial charge in [0.05, 0.1) is 11.1 Å². The second-order valence-electron chi connectivity index (χ2n) is 3.94. The third kappa shape index (κ3) is 2.99. The molecule has 90 valence electrons. The van der Waals surface area contributed by atoms with Gasteiger partial charge in [0.25, 0.3) is 0 Å². The molecule has 1 aromatic heterocycles. The average Bonchev–Trinajstić information content (AvgIpc) is 2.70. The molecular formula is C13H13ClFNS. The Morgan fingerprint density at radius 3 is 2.65 bits per heavy atom. The van der Waals surface area contributed by atoms with E-state index in [0.29, 0.717) is 0 Å². The maximum Gasteiger partial charge on any atom is 0.143 e. The van der Waals surface area contributed by atoms with E-state index in [9.17, 15) is 4.39 Å². The molecule has 0 radical (unpaired) electrons. The number of hydrogen-bond acceptors (Lipinski definition) is 2. The molecule has 1 unspecified atom stereocenters. The number of anilines is 1. The van der Waals surface area contributed by atoms with Crippen LogP contribution in [0.25, 0.3) is 0 Å². The van der Waals surface area contributed by atoms with Gasteiger partial charge in [-0.2, -0.15) is 0 Å². The first-order valence-electron chi connectivity index (χ1n) is 5.34. The first-order chi connectivity index (χ1) is 8.06. The Balaban J connectivity index is 2.12. The van der Waals surface area contributed by atoms with Crippen LogP contribution < -0.4 is 5.32 Å². The summed E-state index contributed by atoms with van der Waals surface area (Å²) in [7, 11) is 0.